The van der Waals surface area contributed by atoms with Crippen LogP contribution in [0.2, 0.25) is 5.02 Å². The smallest absolute Gasteiger partial charge is 0.358 e. The van der Waals surface area contributed by atoms with Crippen LogP contribution in [-0.4, -0.2) is 20.4 Å². The molecule has 0 bridgehead atoms. The number of halogens is 1. The Morgan fingerprint density at radius 1 is 1.15 bits per heavy atom. The van der Waals surface area contributed by atoms with Crippen LogP contribution in [0.4, 0.5) is 5.82 Å². The van der Waals surface area contributed by atoms with Gasteiger partial charge in [0.2, 0.25) is 12.2 Å². The minimum absolute atomic E-state index is 0.0717. The van der Waals surface area contributed by atoms with Gasteiger partial charge >= 0.3 is 5.82 Å². The third-order valence-electron chi connectivity index (χ3n) is 3.77. The number of amides is 1. The summed E-state index contributed by atoms with van der Waals surface area (Å²) >= 11 is 5.95. The van der Waals surface area contributed by atoms with Crippen molar-refractivity contribution in [2.45, 2.75) is 12.6 Å². The molecule has 0 saturated heterocycles. The SMILES string of the molecule is O=C(Cn1cnc([N+](=O)[O-])c1)NC(c1ccccc1)c1ccc(Cl)cc1. The quantitative estimate of drug-likeness (QED) is 0.532. The van der Waals surface area contributed by atoms with Crippen molar-refractivity contribution in [3.8, 4) is 0 Å². The number of nitrogens with one attached hydrogen (secondary N) is 1. The average molecular weight is 371 g/mol. The van der Waals surface area contributed by atoms with Crippen molar-refractivity contribution in [1.82, 2.24) is 14.9 Å². The summed E-state index contributed by atoms with van der Waals surface area (Å²) in [5.74, 6) is -0.587. The Hall–Kier alpha value is -3.19. The molecule has 1 aromatic heterocycles. The lowest BCUT2D eigenvalue weighted by atomic mass is 9.98. The maximum atomic E-state index is 12.5. The highest BCUT2D eigenvalue weighted by Crippen LogP contribution is 2.23. The predicted molar refractivity (Wildman–Crippen MR) is 96.8 cm³/mol. The van der Waals surface area contributed by atoms with Crippen LogP contribution in [0.5, 0.6) is 0 Å². The zero-order valence-corrected chi connectivity index (χ0v) is 14.3. The van der Waals surface area contributed by atoms with Gasteiger partial charge in [-0.05, 0) is 33.2 Å². The monoisotopic (exact) mass is 370 g/mol. The molecule has 1 heterocycles. The number of nitrogens with zero attached hydrogens (tertiary/aromatic N) is 3. The van der Waals surface area contributed by atoms with E-state index < -0.39 is 4.92 Å². The second kappa shape index (κ2) is 7.79. The van der Waals surface area contributed by atoms with Crippen LogP contribution in [0.3, 0.4) is 0 Å². The number of rotatable bonds is 6. The van der Waals surface area contributed by atoms with E-state index in [1.165, 1.54) is 17.1 Å². The van der Waals surface area contributed by atoms with Gasteiger partial charge < -0.3 is 20.0 Å². The van der Waals surface area contributed by atoms with Crippen molar-refractivity contribution in [2.75, 3.05) is 0 Å². The van der Waals surface area contributed by atoms with E-state index in [0.29, 0.717) is 5.02 Å². The van der Waals surface area contributed by atoms with Crippen LogP contribution in [0.1, 0.15) is 17.2 Å². The van der Waals surface area contributed by atoms with Crippen LogP contribution >= 0.6 is 11.6 Å². The van der Waals surface area contributed by atoms with Gasteiger partial charge in [-0.1, -0.05) is 54.1 Å². The van der Waals surface area contributed by atoms with Crippen molar-refractivity contribution in [1.29, 1.82) is 0 Å². The molecule has 7 nitrogen and oxygen atoms in total. The zero-order valence-electron chi connectivity index (χ0n) is 13.6. The number of hydrogen-bond acceptors (Lipinski definition) is 4. The van der Waals surface area contributed by atoms with Gasteiger partial charge in [0, 0.05) is 5.02 Å². The molecule has 132 valence electrons. The predicted octanol–water partition coefficient (Wildman–Crippen LogP) is 3.35. The fraction of sp³-hybridized carbons (Fsp3) is 0.111. The minimum atomic E-state index is -0.602. The maximum absolute atomic E-state index is 12.5. The highest BCUT2D eigenvalue weighted by atomic mass is 35.5. The fourth-order valence-corrected chi connectivity index (χ4v) is 2.69. The van der Waals surface area contributed by atoms with E-state index in [1.54, 1.807) is 12.1 Å². The number of carbonyl (C=O) groups excluding carboxylic acids is 1. The third kappa shape index (κ3) is 4.25. The Balaban J connectivity index is 1.79. The third-order valence-corrected chi connectivity index (χ3v) is 4.03. The highest BCUT2D eigenvalue weighted by Gasteiger charge is 2.18. The molecule has 0 spiro atoms. The molecule has 0 aliphatic rings. The summed E-state index contributed by atoms with van der Waals surface area (Å²) in [6.45, 7) is -0.0717. The van der Waals surface area contributed by atoms with Crippen molar-refractivity contribution < 1.29 is 9.72 Å². The largest absolute Gasteiger partial charge is 0.381 e. The number of imidazole rings is 1. The highest BCUT2D eigenvalue weighted by molar-refractivity contribution is 6.30. The first-order valence-corrected chi connectivity index (χ1v) is 8.16. The second-order valence-corrected chi connectivity index (χ2v) is 6.06. The molecule has 8 heteroatoms. The molecule has 0 aliphatic carbocycles. The number of benzene rings is 2. The molecule has 1 amide bonds. The first kappa shape index (κ1) is 17.6. The number of hydrogen-bond donors (Lipinski definition) is 1. The summed E-state index contributed by atoms with van der Waals surface area (Å²) in [4.78, 5) is 26.2. The van der Waals surface area contributed by atoms with Crippen LogP contribution < -0.4 is 5.32 Å². The first-order valence-electron chi connectivity index (χ1n) is 7.79. The molecule has 0 aliphatic heterocycles. The topological polar surface area (TPSA) is 90.1 Å². The normalized spacial score (nSPS) is 11.7. The summed E-state index contributed by atoms with van der Waals surface area (Å²) in [5.41, 5.74) is 1.80. The molecular weight excluding hydrogens is 356 g/mol. The average Bonchev–Trinajstić information content (AvgIpc) is 3.10. The van der Waals surface area contributed by atoms with E-state index in [9.17, 15) is 14.9 Å². The molecule has 0 fully saturated rings. The second-order valence-electron chi connectivity index (χ2n) is 5.62. The Morgan fingerprint density at radius 2 is 1.81 bits per heavy atom. The number of carbonyl (C=O) groups is 1. The molecule has 3 rings (SSSR count). The molecule has 1 N–H and O–H groups in total. The summed E-state index contributed by atoms with van der Waals surface area (Å²) in [7, 11) is 0. The van der Waals surface area contributed by atoms with E-state index in [-0.39, 0.29) is 24.3 Å². The van der Waals surface area contributed by atoms with Crippen LogP contribution in [0.15, 0.2) is 67.1 Å². The molecule has 1 unspecified atom stereocenters. The summed E-state index contributed by atoms with van der Waals surface area (Å²) < 4.78 is 1.37. The van der Waals surface area contributed by atoms with Crippen molar-refractivity contribution in [3.63, 3.8) is 0 Å². The van der Waals surface area contributed by atoms with E-state index in [2.05, 4.69) is 10.3 Å². The molecule has 0 radical (unpaired) electrons. The Bertz CT molecular complexity index is 910. The lowest BCUT2D eigenvalue weighted by molar-refractivity contribution is -0.389. The number of nitro groups is 1. The van der Waals surface area contributed by atoms with Crippen LogP contribution in [0.25, 0.3) is 0 Å². The Labute approximate surface area is 154 Å². The molecule has 0 saturated carbocycles. The van der Waals surface area contributed by atoms with Crippen molar-refractivity contribution in [2.24, 2.45) is 0 Å². The molecule has 26 heavy (non-hydrogen) atoms. The Morgan fingerprint density at radius 3 is 2.42 bits per heavy atom. The van der Waals surface area contributed by atoms with Gasteiger partial charge in [0.15, 0.2) is 0 Å². The summed E-state index contributed by atoms with van der Waals surface area (Å²) in [5, 5.41) is 14.3. The first-order chi connectivity index (χ1) is 12.5. The standard InChI is InChI=1S/C18H15ClN4O3/c19-15-8-6-14(7-9-15)18(13-4-2-1-3-5-13)21-17(24)11-22-10-16(20-12-22)23(25)26/h1-10,12,18H,11H2,(H,21,24). The van der Waals surface area contributed by atoms with E-state index in [1.807, 2.05) is 42.5 Å². The lowest BCUT2D eigenvalue weighted by Gasteiger charge is -2.20. The van der Waals surface area contributed by atoms with Gasteiger partial charge in [-0.25, -0.2) is 0 Å². The summed E-state index contributed by atoms with van der Waals surface area (Å²) in [6.07, 6.45) is 2.48. The van der Waals surface area contributed by atoms with Gasteiger partial charge in [-0.2, -0.15) is 0 Å². The van der Waals surface area contributed by atoms with Gasteiger partial charge in [0.25, 0.3) is 0 Å². The number of aromatic nitrogens is 2. The molecule has 1 atom stereocenters. The fourth-order valence-electron chi connectivity index (χ4n) is 2.56. The van der Waals surface area contributed by atoms with Gasteiger partial charge in [-0.15, -0.1) is 0 Å². The zero-order chi connectivity index (χ0) is 18.5. The van der Waals surface area contributed by atoms with E-state index in [4.69, 9.17) is 11.6 Å². The summed E-state index contributed by atoms with van der Waals surface area (Å²) in [6, 6.07) is 16.4. The van der Waals surface area contributed by atoms with Gasteiger partial charge in [0.05, 0.1) is 6.04 Å². The van der Waals surface area contributed by atoms with E-state index in [0.717, 1.165) is 11.1 Å². The van der Waals surface area contributed by atoms with E-state index >= 15 is 0 Å². The molecule has 2 aromatic carbocycles. The van der Waals surface area contributed by atoms with Crippen LogP contribution in [0, 0.1) is 10.1 Å². The molecule has 3 aromatic rings. The maximum Gasteiger partial charge on any atom is 0.381 e. The van der Waals surface area contributed by atoms with Crippen LogP contribution in [-0.2, 0) is 11.3 Å². The van der Waals surface area contributed by atoms with Crippen molar-refractivity contribution in [3.05, 3.63) is 93.4 Å². The lowest BCUT2D eigenvalue weighted by Crippen LogP contribution is -2.32. The Kier molecular flexibility index (Phi) is 5.28. The van der Waals surface area contributed by atoms with Gasteiger partial charge in [-0.3, -0.25) is 4.79 Å². The van der Waals surface area contributed by atoms with Gasteiger partial charge in [0.1, 0.15) is 12.7 Å². The minimum Gasteiger partial charge on any atom is -0.358 e. The van der Waals surface area contributed by atoms with Crippen molar-refractivity contribution >= 4 is 23.3 Å². The molecular formula is C18H15ClN4O3.